The average Bonchev–Trinajstić information content (AvgIpc) is 2.66. The molecule has 1 aromatic heterocycles. The fraction of sp³-hybridized carbons (Fsp3) is 0.385. The van der Waals surface area contributed by atoms with E-state index in [2.05, 4.69) is 41.1 Å². The van der Waals surface area contributed by atoms with Crippen molar-refractivity contribution in [3.8, 4) is 0 Å². The van der Waals surface area contributed by atoms with Crippen LogP contribution in [0.3, 0.4) is 0 Å². The monoisotopic (exact) mass is 216 g/mol. The summed E-state index contributed by atoms with van der Waals surface area (Å²) in [6.45, 7) is 4.04. The molecule has 0 aliphatic carbocycles. The molecular formula is C13H16N2O. The second-order valence-electron chi connectivity index (χ2n) is 4.54. The Morgan fingerprint density at radius 3 is 3.12 bits per heavy atom. The summed E-state index contributed by atoms with van der Waals surface area (Å²) in [4.78, 5) is 0. The van der Waals surface area contributed by atoms with Gasteiger partial charge in [-0.15, -0.1) is 0 Å². The second kappa shape index (κ2) is 3.61. The summed E-state index contributed by atoms with van der Waals surface area (Å²) < 4.78 is 2.28. The van der Waals surface area contributed by atoms with E-state index in [4.69, 9.17) is 0 Å². The highest BCUT2D eigenvalue weighted by molar-refractivity contribution is 5.82. The molecule has 3 rings (SSSR count). The minimum Gasteiger partial charge on any atom is -0.394 e. The Bertz CT molecular complexity index is 530. The quantitative estimate of drug-likeness (QED) is 0.759. The van der Waals surface area contributed by atoms with Gasteiger partial charge < -0.3 is 15.0 Å². The summed E-state index contributed by atoms with van der Waals surface area (Å²) in [5, 5.41) is 14.0. The molecule has 0 fully saturated rings. The van der Waals surface area contributed by atoms with Gasteiger partial charge in [0.05, 0.1) is 12.6 Å². The molecule has 16 heavy (non-hydrogen) atoms. The van der Waals surface area contributed by atoms with Crippen molar-refractivity contribution in [3.05, 3.63) is 35.5 Å². The Morgan fingerprint density at radius 2 is 2.31 bits per heavy atom. The molecule has 2 N–H and O–H groups in total. The maximum absolute atomic E-state index is 9.42. The number of aryl methyl sites for hydroxylation is 1. The van der Waals surface area contributed by atoms with E-state index in [-0.39, 0.29) is 12.6 Å². The number of aliphatic hydroxyl groups is 1. The summed E-state index contributed by atoms with van der Waals surface area (Å²) in [6, 6.07) is 8.87. The predicted molar refractivity (Wildman–Crippen MR) is 64.5 cm³/mol. The maximum Gasteiger partial charge on any atom is 0.0695 e. The van der Waals surface area contributed by atoms with Crippen LogP contribution in [0.1, 0.15) is 17.3 Å². The number of fused-ring (bicyclic) bond motifs is 3. The number of rotatable bonds is 1. The minimum atomic E-state index is 0.169. The second-order valence-corrected chi connectivity index (χ2v) is 4.54. The Kier molecular flexibility index (Phi) is 2.23. The van der Waals surface area contributed by atoms with Crippen LogP contribution in [0.15, 0.2) is 24.3 Å². The number of hydrogen-bond donors (Lipinski definition) is 2. The molecule has 1 unspecified atom stereocenters. The van der Waals surface area contributed by atoms with Crippen molar-refractivity contribution < 1.29 is 5.11 Å². The zero-order chi connectivity index (χ0) is 11.1. The molecule has 0 spiro atoms. The molecule has 2 aromatic rings. The molecule has 2 heterocycles. The molecule has 1 atom stereocenters. The van der Waals surface area contributed by atoms with E-state index in [1.807, 2.05) is 0 Å². The van der Waals surface area contributed by atoms with E-state index in [1.54, 1.807) is 0 Å². The predicted octanol–water partition coefficient (Wildman–Crippen LogP) is 1.59. The molecule has 0 radical (unpaired) electrons. The molecule has 0 saturated heterocycles. The smallest absolute Gasteiger partial charge is 0.0695 e. The molecule has 3 heteroatoms. The first-order chi connectivity index (χ1) is 7.79. The van der Waals surface area contributed by atoms with Gasteiger partial charge in [-0.1, -0.05) is 12.1 Å². The molecular weight excluding hydrogens is 200 g/mol. The number of hydrogen-bond acceptors (Lipinski definition) is 2. The summed E-state index contributed by atoms with van der Waals surface area (Å²) in [5.41, 5.74) is 3.78. The van der Waals surface area contributed by atoms with Gasteiger partial charge in [-0.05, 0) is 30.0 Å². The van der Waals surface area contributed by atoms with Crippen LogP contribution in [-0.4, -0.2) is 22.8 Å². The van der Waals surface area contributed by atoms with Crippen LogP contribution in [0.25, 0.3) is 10.9 Å². The lowest BCUT2D eigenvalue weighted by Gasteiger charge is -2.26. The van der Waals surface area contributed by atoms with E-state index >= 15 is 0 Å². The van der Waals surface area contributed by atoms with Gasteiger partial charge in [0.15, 0.2) is 0 Å². The summed E-state index contributed by atoms with van der Waals surface area (Å²) in [7, 11) is 0. The van der Waals surface area contributed by atoms with Crippen LogP contribution in [0, 0.1) is 6.92 Å². The molecule has 84 valence electrons. The fourth-order valence-electron chi connectivity index (χ4n) is 2.56. The Labute approximate surface area is 94.7 Å². The Balaban J connectivity index is 2.27. The Morgan fingerprint density at radius 1 is 1.44 bits per heavy atom. The zero-order valence-corrected chi connectivity index (χ0v) is 9.40. The summed E-state index contributed by atoms with van der Waals surface area (Å²) >= 11 is 0. The lowest BCUT2D eigenvalue weighted by atomic mass is 10.2. The van der Waals surface area contributed by atoms with Crippen molar-refractivity contribution in [2.24, 2.45) is 0 Å². The number of benzene rings is 1. The van der Waals surface area contributed by atoms with Gasteiger partial charge in [-0.25, -0.2) is 0 Å². The first kappa shape index (κ1) is 9.87. The van der Waals surface area contributed by atoms with E-state index < -0.39 is 0 Å². The molecule has 1 aromatic carbocycles. The maximum atomic E-state index is 9.42. The van der Waals surface area contributed by atoms with Gasteiger partial charge in [0.25, 0.3) is 0 Å². The van der Waals surface area contributed by atoms with Crippen LogP contribution < -0.4 is 5.32 Å². The highest BCUT2D eigenvalue weighted by Gasteiger charge is 2.20. The molecule has 0 amide bonds. The van der Waals surface area contributed by atoms with Crippen molar-refractivity contribution in [1.29, 1.82) is 0 Å². The first-order valence-electron chi connectivity index (χ1n) is 5.71. The average molecular weight is 216 g/mol. The third kappa shape index (κ3) is 1.36. The largest absolute Gasteiger partial charge is 0.394 e. The fourth-order valence-corrected chi connectivity index (χ4v) is 2.56. The third-order valence-corrected chi connectivity index (χ3v) is 3.34. The molecule has 0 bridgehead atoms. The number of aromatic nitrogens is 1. The topological polar surface area (TPSA) is 37.2 Å². The summed E-state index contributed by atoms with van der Waals surface area (Å²) in [5.74, 6) is 0. The SMILES string of the molecule is Cc1ccc2cc3n(c2c1)C(CO)CNC3. The number of nitrogens with zero attached hydrogens (tertiary/aromatic N) is 1. The lowest BCUT2D eigenvalue weighted by molar-refractivity contribution is 0.215. The third-order valence-electron chi connectivity index (χ3n) is 3.34. The van der Waals surface area contributed by atoms with Crippen molar-refractivity contribution in [2.45, 2.75) is 19.5 Å². The van der Waals surface area contributed by atoms with E-state index in [0.717, 1.165) is 13.1 Å². The number of aliphatic hydroxyl groups excluding tert-OH is 1. The van der Waals surface area contributed by atoms with Gasteiger partial charge in [-0.3, -0.25) is 0 Å². The lowest BCUT2D eigenvalue weighted by Crippen LogP contribution is -2.34. The van der Waals surface area contributed by atoms with E-state index in [0.29, 0.717) is 0 Å². The first-order valence-corrected chi connectivity index (χ1v) is 5.71. The molecule has 1 aliphatic rings. The zero-order valence-electron chi connectivity index (χ0n) is 9.40. The van der Waals surface area contributed by atoms with Crippen molar-refractivity contribution in [2.75, 3.05) is 13.2 Å². The standard InChI is InChI=1S/C13H16N2O/c1-9-2-3-10-5-11-6-14-7-12(8-16)15(11)13(10)4-9/h2-5,12,14,16H,6-8H2,1H3. The Hall–Kier alpha value is -1.32. The molecule has 0 saturated carbocycles. The highest BCUT2D eigenvalue weighted by Crippen LogP contribution is 2.27. The van der Waals surface area contributed by atoms with Crippen LogP contribution >= 0.6 is 0 Å². The van der Waals surface area contributed by atoms with Crippen LogP contribution in [0.5, 0.6) is 0 Å². The van der Waals surface area contributed by atoms with Crippen molar-refractivity contribution in [1.82, 2.24) is 9.88 Å². The van der Waals surface area contributed by atoms with Gasteiger partial charge in [0, 0.05) is 24.3 Å². The normalized spacial score (nSPS) is 20.0. The highest BCUT2D eigenvalue weighted by atomic mass is 16.3. The van der Waals surface area contributed by atoms with Crippen molar-refractivity contribution in [3.63, 3.8) is 0 Å². The van der Waals surface area contributed by atoms with Crippen LogP contribution in [0.2, 0.25) is 0 Å². The van der Waals surface area contributed by atoms with Crippen LogP contribution in [0.4, 0.5) is 0 Å². The molecule has 3 nitrogen and oxygen atoms in total. The van der Waals surface area contributed by atoms with Crippen LogP contribution in [-0.2, 0) is 6.54 Å². The van der Waals surface area contributed by atoms with Gasteiger partial charge in [0.1, 0.15) is 0 Å². The van der Waals surface area contributed by atoms with Crippen molar-refractivity contribution >= 4 is 10.9 Å². The molecule has 1 aliphatic heterocycles. The number of nitrogens with one attached hydrogen (secondary N) is 1. The minimum absolute atomic E-state index is 0.169. The summed E-state index contributed by atoms with van der Waals surface area (Å²) in [6.07, 6.45) is 0. The van der Waals surface area contributed by atoms with Gasteiger partial charge in [0.2, 0.25) is 0 Å². The van der Waals surface area contributed by atoms with E-state index in [9.17, 15) is 5.11 Å². The van der Waals surface area contributed by atoms with E-state index in [1.165, 1.54) is 22.2 Å². The van der Waals surface area contributed by atoms with Gasteiger partial charge in [-0.2, -0.15) is 0 Å². The van der Waals surface area contributed by atoms with Gasteiger partial charge >= 0.3 is 0 Å².